The smallest absolute Gasteiger partial charge is 0.193 e. The molecule has 0 aliphatic carbocycles. The van der Waals surface area contributed by atoms with Crippen LogP contribution in [0.4, 0.5) is 0 Å². The van der Waals surface area contributed by atoms with Gasteiger partial charge in [-0.05, 0) is 147 Å². The average Bonchev–Trinajstić information content (AvgIpc) is 3.21. The Morgan fingerprint density at radius 3 is 1.03 bits per heavy atom. The third kappa shape index (κ3) is 21.8. The van der Waals surface area contributed by atoms with Gasteiger partial charge in [0.15, 0.2) is 55.7 Å². The second-order valence-electron chi connectivity index (χ2n) is 34.1. The standard InChI is InChI=1S/C63H136O8Si6/c1-39-44(2)40-45(3)54(68-74(31,32)60(15,16)17)50(8)57(71-77(37,38)63(24,25)26)48(6)51(64)42-52(65)53(67-73(29,30)59(12,13)14)41-46(4)55(69-75(33,34)61(18,19)20)49(7)56(70-76(35,36)62(21,22)23)47(5)43-66-72(27,28)58(9,10)11/h39,45-51,53-57,64H,40-43H2,1-38H3/b44-39+/t45-,46-,47-,48+,49+,50+,51+,53-,54-,55-,56-,57-/m0/s1. The SMILES string of the molecule is C/C=C(\C)C[C@H](C)[C@H](O[Si](C)(C)C(C)(C)C)[C@@H](C)[C@@H](O[Si](C)(C)C(C)(C)C)[C@H](C)[C@H](O)CC(=O)[C@H](C[C@H](C)[C@H](O[Si](C)(C)C(C)(C)C)[C@@H](C)[C@@H](O[Si](C)(C)C(C)(C)C)[C@@H](C)CO[Si](C)(C)C(C)(C)C)O[Si](C)(C)C(C)(C)C. The maximum atomic E-state index is 15.6. The van der Waals surface area contributed by atoms with E-state index in [1.54, 1.807) is 0 Å². The number of aliphatic hydroxyl groups excluding tert-OH is 1. The van der Waals surface area contributed by atoms with Crippen molar-refractivity contribution in [2.75, 3.05) is 6.61 Å². The van der Waals surface area contributed by atoms with Gasteiger partial charge in [-0.3, -0.25) is 4.79 Å². The predicted molar refractivity (Wildman–Crippen MR) is 353 cm³/mol. The molecule has 12 atom stereocenters. The average molecular weight is 1190 g/mol. The van der Waals surface area contributed by atoms with Crippen LogP contribution in [-0.2, 0) is 31.4 Å². The van der Waals surface area contributed by atoms with Crippen molar-refractivity contribution in [3.63, 3.8) is 0 Å². The molecule has 0 unspecified atom stereocenters. The lowest BCUT2D eigenvalue weighted by Gasteiger charge is -2.49. The fourth-order valence-electron chi connectivity index (χ4n) is 8.75. The van der Waals surface area contributed by atoms with Gasteiger partial charge in [-0.25, -0.2) is 0 Å². The number of ketones is 1. The van der Waals surface area contributed by atoms with Crippen molar-refractivity contribution in [2.24, 2.45) is 35.5 Å². The lowest BCUT2D eigenvalue weighted by atomic mass is 9.79. The summed E-state index contributed by atoms with van der Waals surface area (Å²) in [6.45, 7) is 87.9. The van der Waals surface area contributed by atoms with E-state index in [1.165, 1.54) is 5.57 Å². The minimum absolute atomic E-state index is 0.00619. The maximum absolute atomic E-state index is 15.6. The summed E-state index contributed by atoms with van der Waals surface area (Å²) in [5.41, 5.74) is 1.34. The zero-order valence-corrected chi connectivity index (χ0v) is 64.6. The van der Waals surface area contributed by atoms with E-state index in [9.17, 15) is 5.11 Å². The van der Waals surface area contributed by atoms with Crippen LogP contribution < -0.4 is 0 Å². The van der Waals surface area contributed by atoms with E-state index in [1.807, 2.05) is 0 Å². The molecule has 0 fully saturated rings. The molecule has 0 amide bonds. The number of carbonyl (C=O) groups excluding carboxylic acids is 1. The monoisotopic (exact) mass is 1190 g/mol. The number of rotatable bonds is 29. The normalized spacial score (nSPS) is 19.9. The highest BCUT2D eigenvalue weighted by Crippen LogP contribution is 2.48. The van der Waals surface area contributed by atoms with Gasteiger partial charge >= 0.3 is 0 Å². The van der Waals surface area contributed by atoms with Crippen LogP contribution in [0.25, 0.3) is 0 Å². The molecule has 0 aromatic carbocycles. The molecule has 0 radical (unpaired) electrons. The summed E-state index contributed by atoms with van der Waals surface area (Å²) in [6, 6.07) is 0. The molecule has 0 saturated carbocycles. The van der Waals surface area contributed by atoms with Crippen molar-refractivity contribution in [2.45, 2.75) is 345 Å². The highest BCUT2D eigenvalue weighted by Gasteiger charge is 2.51. The molecule has 0 aliphatic rings. The molecule has 8 nitrogen and oxygen atoms in total. The molecule has 14 heteroatoms. The third-order valence-corrected chi connectivity index (χ3v) is 48.0. The van der Waals surface area contributed by atoms with Gasteiger partial charge < -0.3 is 31.7 Å². The minimum Gasteiger partial charge on any atom is -0.416 e. The summed E-state index contributed by atoms with van der Waals surface area (Å²) >= 11 is 0. The Morgan fingerprint density at radius 1 is 0.416 bits per heavy atom. The van der Waals surface area contributed by atoms with Crippen LogP contribution >= 0.6 is 0 Å². The molecule has 0 aromatic rings. The Hall–Kier alpha value is 0.431. The minimum atomic E-state index is -2.53. The first-order valence-corrected chi connectivity index (χ1v) is 48.0. The van der Waals surface area contributed by atoms with Gasteiger partial charge in [0.1, 0.15) is 6.10 Å². The van der Waals surface area contributed by atoms with Crippen LogP contribution in [0.15, 0.2) is 11.6 Å². The van der Waals surface area contributed by atoms with Gasteiger partial charge in [-0.1, -0.05) is 178 Å². The van der Waals surface area contributed by atoms with Gasteiger partial charge in [-0.2, -0.15) is 0 Å². The summed E-state index contributed by atoms with van der Waals surface area (Å²) in [5.74, 6) is -0.300. The van der Waals surface area contributed by atoms with Crippen molar-refractivity contribution in [1.82, 2.24) is 0 Å². The van der Waals surface area contributed by atoms with E-state index in [4.69, 9.17) is 26.6 Å². The fourth-order valence-corrected chi connectivity index (χ4v) is 17.1. The highest BCUT2D eigenvalue weighted by molar-refractivity contribution is 6.76. The van der Waals surface area contributed by atoms with Crippen LogP contribution in [0.1, 0.15) is 199 Å². The molecule has 0 saturated heterocycles. The van der Waals surface area contributed by atoms with Gasteiger partial charge in [0.05, 0.1) is 30.5 Å². The topological polar surface area (TPSA) is 92.7 Å². The summed E-state index contributed by atoms with van der Waals surface area (Å²) in [6.07, 6.45) is 1.01. The Kier molecular flexibility index (Phi) is 27.8. The number of aliphatic hydroxyl groups is 1. The molecule has 460 valence electrons. The van der Waals surface area contributed by atoms with Gasteiger partial charge in [0.2, 0.25) is 0 Å². The van der Waals surface area contributed by atoms with Crippen LogP contribution in [0.2, 0.25) is 109 Å². The van der Waals surface area contributed by atoms with Crippen molar-refractivity contribution >= 4 is 55.7 Å². The third-order valence-electron chi connectivity index (χ3n) is 21.1. The van der Waals surface area contributed by atoms with Gasteiger partial charge in [0.25, 0.3) is 0 Å². The van der Waals surface area contributed by atoms with E-state index in [0.717, 1.165) is 6.42 Å². The molecule has 0 aromatic heterocycles. The highest BCUT2D eigenvalue weighted by atomic mass is 28.4. The van der Waals surface area contributed by atoms with Gasteiger partial charge in [-0.15, -0.1) is 0 Å². The number of Topliss-reactive ketones (excluding diaryl/α,β-unsaturated/α-hetero) is 1. The number of allylic oxidation sites excluding steroid dienone is 2. The molecule has 0 aliphatic heterocycles. The second kappa shape index (κ2) is 27.6. The first-order valence-electron chi connectivity index (χ1n) is 30.5. The summed E-state index contributed by atoms with van der Waals surface area (Å²) in [7, 11) is -14.0. The van der Waals surface area contributed by atoms with Gasteiger partial charge in [0, 0.05) is 36.7 Å². The van der Waals surface area contributed by atoms with Crippen molar-refractivity contribution in [1.29, 1.82) is 0 Å². The molecule has 0 spiro atoms. The maximum Gasteiger partial charge on any atom is 0.193 e. The molecule has 0 bridgehead atoms. The van der Waals surface area contributed by atoms with E-state index in [-0.39, 0.29) is 102 Å². The van der Waals surface area contributed by atoms with Crippen LogP contribution in [0, 0.1) is 35.5 Å². The Morgan fingerprint density at radius 2 is 0.701 bits per heavy atom. The number of hydrogen-bond acceptors (Lipinski definition) is 8. The first-order chi connectivity index (χ1) is 33.7. The zero-order valence-electron chi connectivity index (χ0n) is 58.6. The zero-order chi connectivity index (χ0) is 61.9. The molecule has 77 heavy (non-hydrogen) atoms. The first kappa shape index (κ1) is 77.4. The van der Waals surface area contributed by atoms with E-state index >= 15 is 4.79 Å². The predicted octanol–water partition coefficient (Wildman–Crippen LogP) is 19.8. The lowest BCUT2D eigenvalue weighted by molar-refractivity contribution is -0.131. The second-order valence-corrected chi connectivity index (χ2v) is 62.7. The van der Waals surface area contributed by atoms with Crippen molar-refractivity contribution < 1.29 is 36.5 Å². The summed E-state index contributed by atoms with van der Waals surface area (Å²) < 4.78 is 44.8. The van der Waals surface area contributed by atoms with E-state index < -0.39 is 62.1 Å². The van der Waals surface area contributed by atoms with Crippen molar-refractivity contribution in [3.8, 4) is 0 Å². The lowest BCUT2D eigenvalue weighted by Crippen LogP contribution is -2.55. The van der Waals surface area contributed by atoms with Crippen LogP contribution in [0.5, 0.6) is 0 Å². The molecular formula is C63H136O8Si6. The largest absolute Gasteiger partial charge is 0.416 e. The van der Waals surface area contributed by atoms with Crippen molar-refractivity contribution in [3.05, 3.63) is 11.6 Å². The molecule has 0 rings (SSSR count). The Labute approximate surface area is 487 Å². The summed E-state index contributed by atoms with van der Waals surface area (Å²) in [5, 5.41) is 12.6. The van der Waals surface area contributed by atoms with E-state index in [0.29, 0.717) is 13.0 Å². The Balaban J connectivity index is 8.11. The number of carbonyl (C=O) groups is 1. The Bertz CT molecular complexity index is 1840. The molecule has 0 heterocycles. The molecular weight excluding hydrogens is 1050 g/mol. The fraction of sp³-hybridized carbons (Fsp3) is 0.952. The molecule has 1 N–H and O–H groups in total. The number of hydrogen-bond donors (Lipinski definition) is 1. The quantitative estimate of drug-likeness (QED) is 0.0585. The van der Waals surface area contributed by atoms with Crippen LogP contribution in [-0.4, -0.2) is 104 Å². The summed E-state index contributed by atoms with van der Waals surface area (Å²) in [4.78, 5) is 15.6. The van der Waals surface area contributed by atoms with Crippen LogP contribution in [0.3, 0.4) is 0 Å². The van der Waals surface area contributed by atoms with E-state index in [2.05, 4.69) is 265 Å².